The Morgan fingerprint density at radius 2 is 1.78 bits per heavy atom. The topological polar surface area (TPSA) is 112 Å². The number of hydrogen-bond donors (Lipinski definition) is 3. The van der Waals surface area contributed by atoms with E-state index in [4.69, 9.17) is 0 Å². The first-order valence-electron chi connectivity index (χ1n) is 13.6. The number of amides is 1. The number of aromatic nitrogens is 6. The molecule has 0 spiro atoms. The Morgan fingerprint density at radius 3 is 2.63 bits per heavy atom. The van der Waals surface area contributed by atoms with Crippen molar-refractivity contribution in [2.75, 3.05) is 5.32 Å². The van der Waals surface area contributed by atoms with Crippen molar-refractivity contribution in [1.82, 2.24) is 30.1 Å². The number of fused-ring (bicyclic) bond motifs is 2. The Hall–Kier alpha value is -4.99. The molecular formula is C31H25F2N7O. The minimum absolute atomic E-state index is 0.00403. The zero-order valence-electron chi connectivity index (χ0n) is 21.9. The van der Waals surface area contributed by atoms with E-state index < -0.39 is 5.82 Å². The van der Waals surface area contributed by atoms with Crippen LogP contribution in [0.5, 0.6) is 0 Å². The summed E-state index contributed by atoms with van der Waals surface area (Å²) in [6.45, 7) is 0. The Morgan fingerprint density at radius 1 is 0.927 bits per heavy atom. The number of nitrogens with one attached hydrogen (secondary N) is 3. The van der Waals surface area contributed by atoms with E-state index in [0.717, 1.165) is 25.7 Å². The van der Waals surface area contributed by atoms with Gasteiger partial charge in [-0.2, -0.15) is 5.10 Å². The molecule has 0 bridgehead atoms. The molecule has 0 radical (unpaired) electrons. The second-order valence-electron chi connectivity index (χ2n) is 10.4. The molecule has 4 heterocycles. The molecule has 1 aliphatic carbocycles. The molecule has 2 aromatic carbocycles. The number of nitrogens with zero attached hydrogens (tertiary/aromatic N) is 4. The van der Waals surface area contributed by atoms with Gasteiger partial charge in [-0.1, -0.05) is 37.5 Å². The van der Waals surface area contributed by atoms with Crippen molar-refractivity contribution in [2.45, 2.75) is 32.1 Å². The summed E-state index contributed by atoms with van der Waals surface area (Å²) in [5.41, 5.74) is 4.38. The molecule has 0 atom stereocenters. The number of pyridine rings is 2. The summed E-state index contributed by atoms with van der Waals surface area (Å²) >= 11 is 0. The van der Waals surface area contributed by atoms with Crippen molar-refractivity contribution < 1.29 is 13.6 Å². The first-order chi connectivity index (χ1) is 20.0. The maximum Gasteiger partial charge on any atom is 0.227 e. The predicted octanol–water partition coefficient (Wildman–Crippen LogP) is 7.03. The van der Waals surface area contributed by atoms with Crippen LogP contribution in [-0.4, -0.2) is 36.0 Å². The molecule has 4 aromatic heterocycles. The summed E-state index contributed by atoms with van der Waals surface area (Å²) < 4.78 is 29.9. The lowest BCUT2D eigenvalue weighted by Gasteiger charge is -2.20. The van der Waals surface area contributed by atoms with E-state index in [1.54, 1.807) is 55.0 Å². The first-order valence-corrected chi connectivity index (χ1v) is 13.6. The smallest absolute Gasteiger partial charge is 0.227 e. The van der Waals surface area contributed by atoms with Crippen molar-refractivity contribution in [3.63, 3.8) is 0 Å². The van der Waals surface area contributed by atoms with Crippen LogP contribution in [0.3, 0.4) is 0 Å². The zero-order chi connectivity index (χ0) is 27.9. The van der Waals surface area contributed by atoms with Crippen LogP contribution in [0.25, 0.3) is 55.8 Å². The number of hydrogen-bond acceptors (Lipinski definition) is 5. The van der Waals surface area contributed by atoms with Gasteiger partial charge < -0.3 is 10.3 Å². The van der Waals surface area contributed by atoms with Gasteiger partial charge in [0.15, 0.2) is 17.3 Å². The second kappa shape index (κ2) is 10.2. The van der Waals surface area contributed by atoms with Crippen LogP contribution in [0, 0.1) is 17.6 Å². The molecule has 1 saturated carbocycles. The number of benzene rings is 2. The molecule has 10 heteroatoms. The number of halogens is 2. The highest BCUT2D eigenvalue weighted by atomic mass is 19.1. The molecule has 0 unspecified atom stereocenters. The third-order valence-electron chi connectivity index (χ3n) is 7.72. The van der Waals surface area contributed by atoms with Gasteiger partial charge in [0, 0.05) is 40.4 Å². The lowest BCUT2D eigenvalue weighted by molar-refractivity contribution is -0.120. The van der Waals surface area contributed by atoms with Crippen molar-refractivity contribution in [1.29, 1.82) is 0 Å². The largest absolute Gasteiger partial charge is 0.335 e. The van der Waals surface area contributed by atoms with Gasteiger partial charge in [0.1, 0.15) is 17.0 Å². The standard InChI is InChI=1S/C31H25F2N7O/c32-24-9-5-4-8-21(24)22-10-11-35-29-27(22)37-30(38-29)28-23-13-18(14-25(33)26(23)39-40-28)19-12-20(16-34-15-19)36-31(41)17-6-2-1-3-7-17/h4-5,8-17H,1-3,6-7H2,(H,36,41)(H,39,40)(H,35,37,38). The summed E-state index contributed by atoms with van der Waals surface area (Å²) in [6, 6.07) is 13.2. The molecule has 8 nitrogen and oxygen atoms in total. The van der Waals surface area contributed by atoms with E-state index in [0.29, 0.717) is 56.0 Å². The van der Waals surface area contributed by atoms with Crippen LogP contribution in [0.1, 0.15) is 32.1 Å². The van der Waals surface area contributed by atoms with Gasteiger partial charge in [-0.15, -0.1) is 0 Å². The Balaban J connectivity index is 1.26. The highest BCUT2D eigenvalue weighted by Gasteiger charge is 2.22. The van der Waals surface area contributed by atoms with E-state index in [1.165, 1.54) is 18.6 Å². The highest BCUT2D eigenvalue weighted by molar-refractivity contribution is 5.98. The van der Waals surface area contributed by atoms with Crippen molar-refractivity contribution in [2.24, 2.45) is 5.92 Å². The molecule has 0 aliphatic heterocycles. The SMILES string of the molecule is O=C(Nc1cncc(-c2cc(F)c3n[nH]c(-c4nc5nccc(-c6ccccc6F)c5[nH]4)c3c2)c1)C1CCCCC1. The van der Waals surface area contributed by atoms with Crippen LogP contribution in [0.4, 0.5) is 14.5 Å². The average molecular weight is 550 g/mol. The fourth-order valence-electron chi connectivity index (χ4n) is 5.63. The normalized spacial score (nSPS) is 14.1. The zero-order valence-corrected chi connectivity index (χ0v) is 21.9. The molecule has 204 valence electrons. The Kier molecular flexibility index (Phi) is 6.22. The molecule has 3 N–H and O–H groups in total. The number of anilines is 1. The van der Waals surface area contributed by atoms with Gasteiger partial charge in [-0.05, 0) is 48.7 Å². The summed E-state index contributed by atoms with van der Waals surface area (Å²) in [5.74, 6) is -0.483. The monoisotopic (exact) mass is 549 g/mol. The fourth-order valence-corrected chi connectivity index (χ4v) is 5.63. The maximum atomic E-state index is 15.3. The predicted molar refractivity (Wildman–Crippen MR) is 153 cm³/mol. The number of imidazole rings is 1. The quantitative estimate of drug-likeness (QED) is 0.214. The number of carbonyl (C=O) groups is 1. The van der Waals surface area contributed by atoms with Crippen molar-refractivity contribution in [3.05, 3.63) is 78.8 Å². The minimum atomic E-state index is -0.516. The maximum absolute atomic E-state index is 15.3. The summed E-state index contributed by atoms with van der Waals surface area (Å²) in [5, 5.41) is 10.6. The van der Waals surface area contributed by atoms with Crippen LogP contribution < -0.4 is 5.32 Å². The molecule has 1 fully saturated rings. The van der Waals surface area contributed by atoms with E-state index in [1.807, 2.05) is 0 Å². The number of carbonyl (C=O) groups excluding carboxylic acids is 1. The summed E-state index contributed by atoms with van der Waals surface area (Å²) in [4.78, 5) is 29.2. The highest BCUT2D eigenvalue weighted by Crippen LogP contribution is 2.35. The van der Waals surface area contributed by atoms with Gasteiger partial charge in [-0.25, -0.2) is 18.7 Å². The van der Waals surface area contributed by atoms with Gasteiger partial charge in [0.2, 0.25) is 5.91 Å². The van der Waals surface area contributed by atoms with E-state index in [-0.39, 0.29) is 23.2 Å². The van der Waals surface area contributed by atoms with Gasteiger partial charge in [0.05, 0.1) is 17.4 Å². The Labute approximate surface area is 233 Å². The molecule has 1 amide bonds. The number of H-pyrrole nitrogens is 2. The molecule has 7 rings (SSSR count). The molecule has 0 saturated heterocycles. The van der Waals surface area contributed by atoms with E-state index in [9.17, 15) is 9.18 Å². The molecular weight excluding hydrogens is 524 g/mol. The number of rotatable bonds is 5. The minimum Gasteiger partial charge on any atom is -0.335 e. The molecule has 41 heavy (non-hydrogen) atoms. The summed E-state index contributed by atoms with van der Waals surface area (Å²) in [7, 11) is 0. The van der Waals surface area contributed by atoms with Gasteiger partial charge >= 0.3 is 0 Å². The molecule has 1 aliphatic rings. The average Bonchev–Trinajstić information content (AvgIpc) is 3.63. The summed E-state index contributed by atoms with van der Waals surface area (Å²) in [6.07, 6.45) is 9.88. The van der Waals surface area contributed by atoms with Crippen LogP contribution >= 0.6 is 0 Å². The van der Waals surface area contributed by atoms with Crippen molar-refractivity contribution >= 4 is 33.7 Å². The fraction of sp³-hybridized carbons (Fsp3) is 0.194. The third-order valence-corrected chi connectivity index (χ3v) is 7.72. The molecule has 6 aromatic rings. The van der Waals surface area contributed by atoms with Gasteiger partial charge in [-0.3, -0.25) is 14.9 Å². The Bertz CT molecular complexity index is 1920. The third kappa shape index (κ3) is 4.61. The lowest BCUT2D eigenvalue weighted by atomic mass is 9.88. The number of aromatic amines is 2. The van der Waals surface area contributed by atoms with Crippen LogP contribution in [0.2, 0.25) is 0 Å². The second-order valence-corrected chi connectivity index (χ2v) is 10.4. The van der Waals surface area contributed by atoms with Crippen molar-refractivity contribution in [3.8, 4) is 33.8 Å². The van der Waals surface area contributed by atoms with Crippen LogP contribution in [0.15, 0.2) is 67.1 Å². The van der Waals surface area contributed by atoms with E-state index >= 15 is 4.39 Å². The van der Waals surface area contributed by atoms with E-state index in [2.05, 4.69) is 35.5 Å². The van der Waals surface area contributed by atoms with Crippen LogP contribution in [-0.2, 0) is 4.79 Å². The van der Waals surface area contributed by atoms with Gasteiger partial charge in [0.25, 0.3) is 0 Å². The lowest BCUT2D eigenvalue weighted by Crippen LogP contribution is -2.24. The first kappa shape index (κ1) is 25.0.